The molecule has 1 aliphatic heterocycles. The number of rotatable bonds is 5. The highest BCUT2D eigenvalue weighted by Crippen LogP contribution is 2.19. The first-order chi connectivity index (χ1) is 9.57. The van der Waals surface area contributed by atoms with E-state index in [0.29, 0.717) is 13.1 Å². The summed E-state index contributed by atoms with van der Waals surface area (Å²) < 4.78 is 40.2. The van der Waals surface area contributed by atoms with Crippen molar-refractivity contribution in [3.05, 3.63) is 0 Å². The van der Waals surface area contributed by atoms with Crippen LogP contribution in [0.15, 0.2) is 0 Å². The molecule has 1 amide bonds. The number of piperazine rings is 1. The quantitative estimate of drug-likeness (QED) is 0.780. The Morgan fingerprint density at radius 1 is 1.10 bits per heavy atom. The standard InChI is InChI=1S/C14H25F3N2O2/c1-13(2,3)4-5-18-6-8-19(9-7-18)12(20)10-21-11-14(15,16)17/h4-11H2,1-3H3. The Balaban J connectivity index is 2.21. The van der Waals surface area contributed by atoms with Gasteiger partial charge in [0.05, 0.1) is 0 Å². The molecule has 0 aromatic carbocycles. The first-order valence-corrected chi connectivity index (χ1v) is 7.21. The fourth-order valence-electron chi connectivity index (χ4n) is 2.06. The van der Waals surface area contributed by atoms with Gasteiger partial charge in [-0.2, -0.15) is 13.2 Å². The number of alkyl halides is 3. The Morgan fingerprint density at radius 2 is 1.67 bits per heavy atom. The molecule has 1 rings (SSSR count). The summed E-state index contributed by atoms with van der Waals surface area (Å²) in [6.45, 7) is 8.31. The summed E-state index contributed by atoms with van der Waals surface area (Å²) in [5.41, 5.74) is 0.276. The third-order valence-electron chi connectivity index (χ3n) is 3.39. The Morgan fingerprint density at radius 3 is 2.14 bits per heavy atom. The molecule has 0 bridgehead atoms. The van der Waals surface area contributed by atoms with Crippen molar-refractivity contribution in [2.24, 2.45) is 5.41 Å². The summed E-state index contributed by atoms with van der Waals surface area (Å²) in [6, 6.07) is 0. The van der Waals surface area contributed by atoms with E-state index < -0.39 is 19.4 Å². The highest BCUT2D eigenvalue weighted by Gasteiger charge is 2.29. The number of hydrogen-bond donors (Lipinski definition) is 0. The highest BCUT2D eigenvalue weighted by molar-refractivity contribution is 5.77. The van der Waals surface area contributed by atoms with Gasteiger partial charge in [0.25, 0.3) is 0 Å². The lowest BCUT2D eigenvalue weighted by atomic mass is 9.92. The van der Waals surface area contributed by atoms with Crippen molar-refractivity contribution in [2.45, 2.75) is 33.4 Å². The molecule has 0 radical (unpaired) electrons. The van der Waals surface area contributed by atoms with Crippen molar-refractivity contribution in [2.75, 3.05) is 45.9 Å². The van der Waals surface area contributed by atoms with Gasteiger partial charge in [0.1, 0.15) is 13.2 Å². The van der Waals surface area contributed by atoms with Crippen LogP contribution in [0.2, 0.25) is 0 Å². The smallest absolute Gasteiger partial charge is 0.362 e. The van der Waals surface area contributed by atoms with Gasteiger partial charge in [-0.15, -0.1) is 0 Å². The van der Waals surface area contributed by atoms with Crippen molar-refractivity contribution in [3.8, 4) is 0 Å². The minimum atomic E-state index is -4.38. The number of hydrogen-bond acceptors (Lipinski definition) is 3. The predicted octanol–water partition coefficient (Wildman–Crippen LogP) is 2.15. The molecule has 7 heteroatoms. The maximum atomic E-state index is 11.9. The first-order valence-electron chi connectivity index (χ1n) is 7.21. The van der Waals surface area contributed by atoms with Crippen LogP contribution in [-0.2, 0) is 9.53 Å². The fourth-order valence-corrected chi connectivity index (χ4v) is 2.06. The van der Waals surface area contributed by atoms with E-state index in [0.717, 1.165) is 26.1 Å². The van der Waals surface area contributed by atoms with Gasteiger partial charge in [0, 0.05) is 26.2 Å². The molecule has 21 heavy (non-hydrogen) atoms. The van der Waals surface area contributed by atoms with Crippen molar-refractivity contribution >= 4 is 5.91 Å². The van der Waals surface area contributed by atoms with Crippen LogP contribution in [0.25, 0.3) is 0 Å². The second-order valence-electron chi connectivity index (χ2n) is 6.64. The Bertz CT molecular complexity index is 332. The summed E-state index contributed by atoms with van der Waals surface area (Å²) in [6.07, 6.45) is -3.30. The second-order valence-corrected chi connectivity index (χ2v) is 6.64. The van der Waals surface area contributed by atoms with Crippen LogP contribution < -0.4 is 0 Å². The summed E-state index contributed by atoms with van der Waals surface area (Å²) in [7, 11) is 0. The fraction of sp³-hybridized carbons (Fsp3) is 0.929. The summed E-state index contributed by atoms with van der Waals surface area (Å²) >= 11 is 0. The van der Waals surface area contributed by atoms with Crippen LogP contribution in [0.5, 0.6) is 0 Å². The average molecular weight is 310 g/mol. The van der Waals surface area contributed by atoms with E-state index in [2.05, 4.69) is 30.4 Å². The predicted molar refractivity (Wildman–Crippen MR) is 74.0 cm³/mol. The van der Waals surface area contributed by atoms with Gasteiger partial charge in [-0.1, -0.05) is 20.8 Å². The van der Waals surface area contributed by atoms with Crippen molar-refractivity contribution < 1.29 is 22.7 Å². The lowest BCUT2D eigenvalue weighted by Gasteiger charge is -2.36. The van der Waals surface area contributed by atoms with Gasteiger partial charge in [0.15, 0.2) is 0 Å². The monoisotopic (exact) mass is 310 g/mol. The largest absolute Gasteiger partial charge is 0.411 e. The molecule has 0 aliphatic carbocycles. The summed E-state index contributed by atoms with van der Waals surface area (Å²) in [5, 5.41) is 0. The minimum Gasteiger partial charge on any atom is -0.362 e. The molecule has 124 valence electrons. The zero-order chi connectivity index (χ0) is 16.1. The molecular weight excluding hydrogens is 285 g/mol. The minimum absolute atomic E-state index is 0.276. The molecule has 1 heterocycles. The molecular formula is C14H25F3N2O2. The van der Waals surface area contributed by atoms with E-state index in [1.807, 2.05) is 0 Å². The molecule has 0 saturated carbocycles. The van der Waals surface area contributed by atoms with Gasteiger partial charge < -0.3 is 9.64 Å². The number of ether oxygens (including phenoxy) is 1. The zero-order valence-electron chi connectivity index (χ0n) is 13.0. The van der Waals surface area contributed by atoms with E-state index in [1.54, 1.807) is 4.90 Å². The van der Waals surface area contributed by atoms with Gasteiger partial charge in [-0.05, 0) is 18.4 Å². The second kappa shape index (κ2) is 7.45. The number of nitrogens with zero attached hydrogens (tertiary/aromatic N) is 2. The SMILES string of the molecule is CC(C)(C)CCN1CCN(C(=O)COCC(F)(F)F)CC1. The van der Waals surface area contributed by atoms with Crippen LogP contribution in [0.1, 0.15) is 27.2 Å². The third-order valence-corrected chi connectivity index (χ3v) is 3.39. The molecule has 0 unspecified atom stereocenters. The van der Waals surface area contributed by atoms with Gasteiger partial charge in [0.2, 0.25) is 5.91 Å². The van der Waals surface area contributed by atoms with Crippen LogP contribution in [0.3, 0.4) is 0 Å². The van der Waals surface area contributed by atoms with Crippen LogP contribution in [0, 0.1) is 5.41 Å². The van der Waals surface area contributed by atoms with Gasteiger partial charge in [-0.3, -0.25) is 9.69 Å². The summed E-state index contributed by atoms with van der Waals surface area (Å²) in [4.78, 5) is 15.6. The molecule has 0 spiro atoms. The topological polar surface area (TPSA) is 32.8 Å². The molecule has 0 aromatic heterocycles. The Hall–Kier alpha value is -0.820. The van der Waals surface area contributed by atoms with E-state index in [4.69, 9.17) is 0 Å². The highest BCUT2D eigenvalue weighted by atomic mass is 19.4. The summed E-state index contributed by atoms with van der Waals surface area (Å²) in [5.74, 6) is -0.366. The first kappa shape index (κ1) is 18.2. The molecule has 1 saturated heterocycles. The molecule has 1 fully saturated rings. The van der Waals surface area contributed by atoms with Gasteiger partial charge >= 0.3 is 6.18 Å². The van der Waals surface area contributed by atoms with Crippen LogP contribution >= 0.6 is 0 Å². The zero-order valence-corrected chi connectivity index (χ0v) is 13.0. The van der Waals surface area contributed by atoms with E-state index in [9.17, 15) is 18.0 Å². The lowest BCUT2D eigenvalue weighted by molar-refractivity contribution is -0.178. The Labute approximate surface area is 124 Å². The van der Waals surface area contributed by atoms with Gasteiger partial charge in [-0.25, -0.2) is 0 Å². The van der Waals surface area contributed by atoms with Crippen LogP contribution in [0.4, 0.5) is 13.2 Å². The number of amides is 1. The molecule has 0 aromatic rings. The van der Waals surface area contributed by atoms with Crippen LogP contribution in [-0.4, -0.2) is 67.8 Å². The molecule has 0 atom stereocenters. The van der Waals surface area contributed by atoms with E-state index in [1.165, 1.54) is 0 Å². The third kappa shape index (κ3) is 8.26. The normalized spacial score (nSPS) is 18.1. The number of halogens is 3. The van der Waals surface area contributed by atoms with E-state index >= 15 is 0 Å². The Kier molecular flexibility index (Phi) is 6.46. The maximum Gasteiger partial charge on any atom is 0.411 e. The maximum absolute atomic E-state index is 11.9. The number of carbonyl (C=O) groups excluding carboxylic acids is 1. The number of carbonyl (C=O) groups is 1. The van der Waals surface area contributed by atoms with Crippen molar-refractivity contribution in [1.29, 1.82) is 0 Å². The molecule has 1 aliphatic rings. The average Bonchev–Trinajstić information content (AvgIpc) is 2.34. The van der Waals surface area contributed by atoms with Crippen molar-refractivity contribution in [3.63, 3.8) is 0 Å². The molecule has 4 nitrogen and oxygen atoms in total. The van der Waals surface area contributed by atoms with Crippen molar-refractivity contribution in [1.82, 2.24) is 9.80 Å². The van der Waals surface area contributed by atoms with E-state index in [-0.39, 0.29) is 11.3 Å². The lowest BCUT2D eigenvalue weighted by Crippen LogP contribution is -2.50. The molecule has 0 N–H and O–H groups in total.